The van der Waals surface area contributed by atoms with Crippen LogP contribution in [0.4, 0.5) is 0 Å². The number of hydrogen-bond acceptors (Lipinski definition) is 1. The molecular formula is C9H23GeN. The summed E-state index contributed by atoms with van der Waals surface area (Å²) in [7, 11) is 0. The molecule has 0 heterocycles. The van der Waals surface area contributed by atoms with Gasteiger partial charge in [-0.2, -0.15) is 0 Å². The molecule has 0 aliphatic heterocycles. The van der Waals surface area contributed by atoms with Gasteiger partial charge in [-0.25, -0.2) is 0 Å². The van der Waals surface area contributed by atoms with Gasteiger partial charge in [-0.1, -0.05) is 0 Å². The molecule has 2 heteroatoms. The molecule has 0 aromatic rings. The van der Waals surface area contributed by atoms with Crippen LogP contribution in [0, 0.1) is 0 Å². The first-order valence-electron chi connectivity index (χ1n) is 4.62. The maximum atomic E-state index is 6.51. The van der Waals surface area contributed by atoms with E-state index in [1.54, 1.807) is 0 Å². The molecule has 0 fully saturated rings. The van der Waals surface area contributed by atoms with Crippen molar-refractivity contribution < 1.29 is 0 Å². The van der Waals surface area contributed by atoms with E-state index in [0.717, 1.165) is 14.3 Å². The van der Waals surface area contributed by atoms with Crippen LogP contribution < -0.4 is 4.69 Å². The fourth-order valence-corrected chi connectivity index (χ4v) is 10.4. The summed E-state index contributed by atoms with van der Waals surface area (Å²) in [6.07, 6.45) is 0. The Kier molecular flexibility index (Phi) is 4.13. The molecule has 0 spiro atoms. The van der Waals surface area contributed by atoms with Gasteiger partial charge < -0.3 is 0 Å². The Morgan fingerprint density at radius 1 is 0.727 bits per heavy atom. The molecule has 0 aliphatic rings. The minimum absolute atomic E-state index is 0.745. The van der Waals surface area contributed by atoms with Gasteiger partial charge in [0.15, 0.2) is 0 Å². The summed E-state index contributed by atoms with van der Waals surface area (Å²) in [5, 5.41) is 0. The summed E-state index contributed by atoms with van der Waals surface area (Å²) in [6, 6.07) is 0. The number of hydrogen-bond donors (Lipinski definition) is 1. The van der Waals surface area contributed by atoms with Crippen LogP contribution in [0.1, 0.15) is 41.5 Å². The third-order valence-electron chi connectivity index (χ3n) is 3.00. The molecule has 0 saturated carbocycles. The average molecular weight is 218 g/mol. The van der Waals surface area contributed by atoms with E-state index >= 15 is 0 Å². The van der Waals surface area contributed by atoms with Crippen molar-refractivity contribution in [2.24, 2.45) is 4.69 Å². The van der Waals surface area contributed by atoms with Crippen molar-refractivity contribution in [3.8, 4) is 0 Å². The first-order chi connectivity index (χ1) is 4.83. The molecule has 11 heavy (non-hydrogen) atoms. The van der Waals surface area contributed by atoms with Gasteiger partial charge in [0, 0.05) is 0 Å². The normalized spacial score (nSPS) is 13.6. The average Bonchev–Trinajstić information content (AvgIpc) is 1.84. The van der Waals surface area contributed by atoms with E-state index in [0.29, 0.717) is 0 Å². The Hall–Kier alpha value is 0.503. The zero-order valence-corrected chi connectivity index (χ0v) is 10.9. The van der Waals surface area contributed by atoms with Crippen LogP contribution in [-0.4, -0.2) is 13.5 Å². The molecule has 0 aromatic carbocycles. The molecule has 2 N–H and O–H groups in total. The molecule has 0 radical (unpaired) electrons. The van der Waals surface area contributed by atoms with E-state index < -0.39 is 13.5 Å². The van der Waals surface area contributed by atoms with E-state index in [1.807, 2.05) is 0 Å². The summed E-state index contributed by atoms with van der Waals surface area (Å²) in [5.74, 6) is 0. The van der Waals surface area contributed by atoms with Crippen LogP contribution in [0.3, 0.4) is 0 Å². The molecular weight excluding hydrogens is 195 g/mol. The summed E-state index contributed by atoms with van der Waals surface area (Å²) in [5.41, 5.74) is 0. The summed E-state index contributed by atoms with van der Waals surface area (Å²) in [6.45, 7) is 13.7. The van der Waals surface area contributed by atoms with Gasteiger partial charge in [0.05, 0.1) is 0 Å². The second kappa shape index (κ2) is 3.95. The van der Waals surface area contributed by atoms with Gasteiger partial charge in [-0.05, 0) is 0 Å². The van der Waals surface area contributed by atoms with Crippen molar-refractivity contribution in [2.75, 3.05) is 0 Å². The Balaban J connectivity index is 4.53. The van der Waals surface area contributed by atoms with E-state index in [-0.39, 0.29) is 0 Å². The van der Waals surface area contributed by atoms with Crippen LogP contribution in [0.2, 0.25) is 14.3 Å². The second-order valence-corrected chi connectivity index (χ2v) is 15.9. The fourth-order valence-electron chi connectivity index (χ4n) is 2.00. The Labute approximate surface area is 74.3 Å². The second-order valence-electron chi connectivity index (χ2n) is 4.46. The molecule has 0 atom stereocenters. The zero-order valence-electron chi connectivity index (χ0n) is 8.81. The zero-order chi connectivity index (χ0) is 9.23. The molecule has 0 unspecified atom stereocenters. The topological polar surface area (TPSA) is 26.0 Å². The molecule has 0 aromatic heterocycles. The number of nitrogens with two attached hydrogens (primary N) is 1. The number of rotatable bonds is 3. The molecule has 1 nitrogen and oxygen atoms in total. The van der Waals surface area contributed by atoms with Crippen molar-refractivity contribution in [1.29, 1.82) is 0 Å². The maximum absolute atomic E-state index is 6.51. The van der Waals surface area contributed by atoms with Crippen molar-refractivity contribution >= 4 is 13.5 Å². The van der Waals surface area contributed by atoms with Crippen molar-refractivity contribution in [2.45, 2.75) is 55.8 Å². The third-order valence-corrected chi connectivity index (χ3v) is 15.6. The van der Waals surface area contributed by atoms with Crippen LogP contribution in [0.25, 0.3) is 0 Å². The molecule has 0 amide bonds. The molecule has 0 rings (SSSR count). The minimum atomic E-state index is -2.00. The standard InChI is InChI=1S/C9H23GeN/c1-7(2)10(11,8(3)4)9(5)6/h7-9H,11H2,1-6H3. The summed E-state index contributed by atoms with van der Waals surface area (Å²) in [4.78, 5) is 0. The third kappa shape index (κ3) is 2.22. The summed E-state index contributed by atoms with van der Waals surface area (Å²) >= 11 is -2.00. The van der Waals surface area contributed by atoms with Gasteiger partial charge in [-0.3, -0.25) is 0 Å². The predicted octanol–water partition coefficient (Wildman–Crippen LogP) is 3.12. The van der Waals surface area contributed by atoms with Crippen molar-refractivity contribution in [3.63, 3.8) is 0 Å². The van der Waals surface area contributed by atoms with Crippen LogP contribution >= 0.6 is 0 Å². The van der Waals surface area contributed by atoms with Gasteiger partial charge in [0.1, 0.15) is 0 Å². The van der Waals surface area contributed by atoms with Crippen molar-refractivity contribution in [1.82, 2.24) is 0 Å². The predicted molar refractivity (Wildman–Crippen MR) is 55.2 cm³/mol. The van der Waals surface area contributed by atoms with E-state index in [4.69, 9.17) is 4.69 Å². The molecule has 0 saturated heterocycles. The molecule has 0 aliphatic carbocycles. The SMILES string of the molecule is C[CH](C)[Ge]([NH2])([CH](C)C)[CH](C)C. The van der Waals surface area contributed by atoms with Gasteiger partial charge in [-0.15, -0.1) is 0 Å². The Bertz CT molecular complexity index is 97.0. The van der Waals surface area contributed by atoms with Crippen LogP contribution in [0.5, 0.6) is 0 Å². The Morgan fingerprint density at radius 2 is 0.909 bits per heavy atom. The van der Waals surface area contributed by atoms with E-state index in [1.165, 1.54) is 0 Å². The fraction of sp³-hybridized carbons (Fsp3) is 1.00. The summed E-state index contributed by atoms with van der Waals surface area (Å²) < 4.78 is 8.75. The van der Waals surface area contributed by atoms with Gasteiger partial charge in [0.2, 0.25) is 0 Å². The first kappa shape index (κ1) is 11.5. The molecule has 68 valence electrons. The Morgan fingerprint density at radius 3 is 0.909 bits per heavy atom. The first-order valence-corrected chi connectivity index (χ1v) is 9.46. The van der Waals surface area contributed by atoms with Crippen LogP contribution in [-0.2, 0) is 0 Å². The monoisotopic (exact) mass is 219 g/mol. The van der Waals surface area contributed by atoms with E-state index in [2.05, 4.69) is 41.5 Å². The van der Waals surface area contributed by atoms with Crippen LogP contribution in [0.15, 0.2) is 0 Å². The van der Waals surface area contributed by atoms with Gasteiger partial charge in [0.25, 0.3) is 0 Å². The van der Waals surface area contributed by atoms with E-state index in [9.17, 15) is 0 Å². The van der Waals surface area contributed by atoms with Crippen molar-refractivity contribution in [3.05, 3.63) is 0 Å². The molecule has 0 bridgehead atoms. The quantitative estimate of drug-likeness (QED) is 0.723. The van der Waals surface area contributed by atoms with Gasteiger partial charge >= 0.3 is 74.0 Å².